The van der Waals surface area contributed by atoms with Crippen molar-refractivity contribution in [2.75, 3.05) is 0 Å². The maximum atomic E-state index is 10.4. The third-order valence-corrected chi connectivity index (χ3v) is 2.36. The van der Waals surface area contributed by atoms with Gasteiger partial charge in [-0.1, -0.05) is 26.0 Å². The van der Waals surface area contributed by atoms with Crippen LogP contribution in [0.5, 0.6) is 0 Å². The van der Waals surface area contributed by atoms with Crippen LogP contribution in [0.25, 0.3) is 0 Å². The molecule has 0 saturated heterocycles. The van der Waals surface area contributed by atoms with Crippen LogP contribution in [0.2, 0.25) is 0 Å². The molecule has 0 saturated carbocycles. The summed E-state index contributed by atoms with van der Waals surface area (Å²) in [6.45, 7) is 3.88. The Morgan fingerprint density at radius 1 is 1.33 bits per heavy atom. The highest BCUT2D eigenvalue weighted by Crippen LogP contribution is 2.15. The number of hydrogen-bond donors (Lipinski definition) is 1. The molecule has 4 nitrogen and oxygen atoms in total. The van der Waals surface area contributed by atoms with E-state index in [9.17, 15) is 15.2 Å². The van der Waals surface area contributed by atoms with Gasteiger partial charge < -0.3 is 5.11 Å². The lowest BCUT2D eigenvalue weighted by Gasteiger charge is -2.13. The number of non-ortho nitro benzene ring substituents is 1. The molecule has 0 radical (unpaired) electrons. The zero-order valence-electron chi connectivity index (χ0n) is 8.88. The first-order valence-electron chi connectivity index (χ1n) is 4.92. The van der Waals surface area contributed by atoms with E-state index < -0.39 is 11.0 Å². The molecule has 15 heavy (non-hydrogen) atoms. The highest BCUT2D eigenvalue weighted by molar-refractivity contribution is 5.33. The van der Waals surface area contributed by atoms with Gasteiger partial charge in [-0.05, 0) is 17.9 Å². The molecule has 4 heteroatoms. The SMILES string of the molecule is CC(C)[C@H](O)Cc1ccc([N+](=O)[O-])cc1. The van der Waals surface area contributed by atoms with Crippen molar-refractivity contribution in [1.29, 1.82) is 0 Å². The van der Waals surface area contributed by atoms with Crippen LogP contribution in [0, 0.1) is 16.0 Å². The van der Waals surface area contributed by atoms with Crippen LogP contribution >= 0.6 is 0 Å². The van der Waals surface area contributed by atoms with Crippen molar-refractivity contribution in [1.82, 2.24) is 0 Å². The van der Waals surface area contributed by atoms with Gasteiger partial charge >= 0.3 is 0 Å². The lowest BCUT2D eigenvalue weighted by Crippen LogP contribution is -2.17. The third-order valence-electron chi connectivity index (χ3n) is 2.36. The lowest BCUT2D eigenvalue weighted by molar-refractivity contribution is -0.384. The Morgan fingerprint density at radius 3 is 2.27 bits per heavy atom. The van der Waals surface area contributed by atoms with Crippen molar-refractivity contribution < 1.29 is 10.0 Å². The summed E-state index contributed by atoms with van der Waals surface area (Å²) in [6, 6.07) is 6.29. The molecule has 0 aromatic heterocycles. The summed E-state index contributed by atoms with van der Waals surface area (Å²) in [5.74, 6) is 0.195. The molecular formula is C11H15NO3. The molecule has 0 heterocycles. The molecule has 0 fully saturated rings. The number of nitrogens with zero attached hydrogens (tertiary/aromatic N) is 1. The summed E-state index contributed by atoms with van der Waals surface area (Å²) in [4.78, 5) is 9.97. The zero-order valence-corrected chi connectivity index (χ0v) is 8.88. The Hall–Kier alpha value is -1.42. The molecule has 0 spiro atoms. The summed E-state index contributed by atoms with van der Waals surface area (Å²) < 4.78 is 0. The Bertz CT molecular complexity index is 332. The van der Waals surface area contributed by atoms with Crippen LogP contribution in [0.4, 0.5) is 5.69 Å². The molecule has 0 unspecified atom stereocenters. The van der Waals surface area contributed by atoms with E-state index in [-0.39, 0.29) is 11.6 Å². The highest BCUT2D eigenvalue weighted by atomic mass is 16.6. The van der Waals surface area contributed by atoms with Crippen molar-refractivity contribution in [3.8, 4) is 0 Å². The minimum atomic E-state index is -0.428. The van der Waals surface area contributed by atoms with Crippen molar-refractivity contribution in [2.45, 2.75) is 26.4 Å². The summed E-state index contributed by atoms with van der Waals surface area (Å²) in [7, 11) is 0. The van der Waals surface area contributed by atoms with Gasteiger partial charge in [0.15, 0.2) is 0 Å². The molecule has 0 bridgehead atoms. The van der Waals surface area contributed by atoms with E-state index in [4.69, 9.17) is 0 Å². The minimum Gasteiger partial charge on any atom is -0.393 e. The van der Waals surface area contributed by atoms with E-state index in [2.05, 4.69) is 0 Å². The van der Waals surface area contributed by atoms with E-state index in [1.54, 1.807) is 12.1 Å². The standard InChI is InChI=1S/C11H15NO3/c1-8(2)11(13)7-9-3-5-10(6-4-9)12(14)15/h3-6,8,11,13H,7H2,1-2H3/t11-/m1/s1. The number of aliphatic hydroxyl groups excluding tert-OH is 1. The first-order valence-corrected chi connectivity index (χ1v) is 4.92. The molecule has 0 amide bonds. The highest BCUT2D eigenvalue weighted by Gasteiger charge is 2.11. The Balaban J connectivity index is 2.68. The van der Waals surface area contributed by atoms with E-state index in [0.717, 1.165) is 5.56 Å². The number of nitro benzene ring substituents is 1. The van der Waals surface area contributed by atoms with Gasteiger partial charge in [0, 0.05) is 12.1 Å². The quantitative estimate of drug-likeness (QED) is 0.610. The van der Waals surface area contributed by atoms with Crippen molar-refractivity contribution >= 4 is 5.69 Å². The van der Waals surface area contributed by atoms with E-state index in [1.165, 1.54) is 12.1 Å². The fourth-order valence-corrected chi connectivity index (χ4v) is 1.23. The van der Waals surface area contributed by atoms with Gasteiger partial charge in [0.2, 0.25) is 0 Å². The number of hydrogen-bond acceptors (Lipinski definition) is 3. The maximum absolute atomic E-state index is 10.4. The molecule has 1 aromatic carbocycles. The Labute approximate surface area is 88.7 Å². The summed E-state index contributed by atoms with van der Waals surface area (Å²) >= 11 is 0. The number of rotatable bonds is 4. The molecule has 1 aromatic rings. The van der Waals surface area contributed by atoms with Gasteiger partial charge in [-0.2, -0.15) is 0 Å². The summed E-state index contributed by atoms with van der Waals surface area (Å²) in [5, 5.41) is 20.0. The van der Waals surface area contributed by atoms with Gasteiger partial charge in [-0.3, -0.25) is 10.1 Å². The van der Waals surface area contributed by atoms with Crippen LogP contribution in [0.3, 0.4) is 0 Å². The van der Waals surface area contributed by atoms with E-state index in [1.807, 2.05) is 13.8 Å². The molecule has 1 atom stereocenters. The van der Waals surface area contributed by atoms with E-state index in [0.29, 0.717) is 6.42 Å². The summed E-state index contributed by atoms with van der Waals surface area (Å²) in [5.41, 5.74) is 1.000. The first kappa shape index (κ1) is 11.7. The molecular weight excluding hydrogens is 194 g/mol. The van der Waals surface area contributed by atoms with Crippen molar-refractivity contribution in [2.24, 2.45) is 5.92 Å². The van der Waals surface area contributed by atoms with E-state index >= 15 is 0 Å². The zero-order chi connectivity index (χ0) is 11.4. The summed E-state index contributed by atoms with van der Waals surface area (Å²) in [6.07, 6.45) is 0.141. The van der Waals surface area contributed by atoms with Gasteiger partial charge in [0.1, 0.15) is 0 Å². The second-order valence-corrected chi connectivity index (χ2v) is 3.94. The van der Waals surface area contributed by atoms with Crippen LogP contribution < -0.4 is 0 Å². The molecule has 1 N–H and O–H groups in total. The average Bonchev–Trinajstić information content (AvgIpc) is 2.18. The van der Waals surface area contributed by atoms with Crippen LogP contribution in [-0.4, -0.2) is 16.1 Å². The Kier molecular flexibility index (Phi) is 3.80. The smallest absolute Gasteiger partial charge is 0.269 e. The van der Waals surface area contributed by atoms with Crippen molar-refractivity contribution in [3.63, 3.8) is 0 Å². The lowest BCUT2D eigenvalue weighted by atomic mass is 9.99. The van der Waals surface area contributed by atoms with Crippen molar-refractivity contribution in [3.05, 3.63) is 39.9 Å². The molecule has 0 aliphatic heterocycles. The van der Waals surface area contributed by atoms with Crippen LogP contribution in [0.15, 0.2) is 24.3 Å². The van der Waals surface area contributed by atoms with Crippen LogP contribution in [-0.2, 0) is 6.42 Å². The van der Waals surface area contributed by atoms with Gasteiger partial charge in [-0.25, -0.2) is 0 Å². The van der Waals surface area contributed by atoms with Gasteiger partial charge in [0.25, 0.3) is 5.69 Å². The maximum Gasteiger partial charge on any atom is 0.269 e. The fourth-order valence-electron chi connectivity index (χ4n) is 1.23. The molecule has 0 aliphatic carbocycles. The number of benzene rings is 1. The largest absolute Gasteiger partial charge is 0.393 e. The molecule has 82 valence electrons. The monoisotopic (exact) mass is 209 g/mol. The normalized spacial score (nSPS) is 12.8. The predicted molar refractivity (Wildman–Crippen MR) is 57.6 cm³/mol. The van der Waals surface area contributed by atoms with Crippen LogP contribution in [0.1, 0.15) is 19.4 Å². The first-order chi connectivity index (χ1) is 7.00. The average molecular weight is 209 g/mol. The number of nitro groups is 1. The second-order valence-electron chi connectivity index (χ2n) is 3.94. The Morgan fingerprint density at radius 2 is 1.87 bits per heavy atom. The molecule has 1 rings (SSSR count). The second kappa shape index (κ2) is 4.89. The predicted octanol–water partition coefficient (Wildman–Crippen LogP) is 2.15. The topological polar surface area (TPSA) is 63.4 Å². The third kappa shape index (κ3) is 3.32. The van der Waals surface area contributed by atoms with Gasteiger partial charge in [0.05, 0.1) is 11.0 Å². The number of aliphatic hydroxyl groups is 1. The molecule has 0 aliphatic rings. The minimum absolute atomic E-state index is 0.0813. The van der Waals surface area contributed by atoms with Gasteiger partial charge in [-0.15, -0.1) is 0 Å². The fraction of sp³-hybridized carbons (Fsp3) is 0.455.